The van der Waals surface area contributed by atoms with Gasteiger partial charge in [0.1, 0.15) is 6.04 Å². The second-order valence-corrected chi connectivity index (χ2v) is 10.3. The quantitative estimate of drug-likeness (QED) is 0.239. The fraction of sp³-hybridized carbons (Fsp3) is 0.172. The number of benzene rings is 2. The maximum Gasteiger partial charge on any atom is 0.335 e. The van der Waals surface area contributed by atoms with Gasteiger partial charge in [0.2, 0.25) is 5.91 Å². The highest BCUT2D eigenvalue weighted by molar-refractivity contribution is 7.80. The van der Waals surface area contributed by atoms with Crippen LogP contribution in [0.25, 0.3) is 5.69 Å². The Hall–Kier alpha value is -4.21. The third-order valence-electron chi connectivity index (χ3n) is 6.59. The number of carbonyl (C=O) groups excluding carboxylic acids is 1. The van der Waals surface area contributed by atoms with Gasteiger partial charge in [-0.2, -0.15) is 0 Å². The van der Waals surface area contributed by atoms with Crippen LogP contribution in [0.3, 0.4) is 0 Å². The molecule has 0 radical (unpaired) electrons. The Morgan fingerprint density at radius 1 is 1.05 bits per heavy atom. The lowest BCUT2D eigenvalue weighted by Crippen LogP contribution is -2.30. The van der Waals surface area contributed by atoms with Crippen LogP contribution in [-0.4, -0.2) is 31.6 Å². The van der Waals surface area contributed by atoms with Crippen molar-refractivity contribution >= 4 is 52.2 Å². The van der Waals surface area contributed by atoms with Crippen molar-refractivity contribution in [2.24, 2.45) is 5.92 Å². The number of thiocarbonyl (C=S) groups is 1. The zero-order chi connectivity index (χ0) is 27.7. The Morgan fingerprint density at radius 3 is 2.44 bits per heavy atom. The molecule has 10 heteroatoms. The number of anilines is 2. The maximum absolute atomic E-state index is 12.2. The average molecular weight is 560 g/mol. The Balaban J connectivity index is 1.59. The maximum atomic E-state index is 12.2. The monoisotopic (exact) mass is 559 g/mol. The van der Waals surface area contributed by atoms with Crippen LogP contribution in [0, 0.1) is 5.92 Å². The van der Waals surface area contributed by atoms with Crippen LogP contribution < -0.4 is 15.5 Å². The van der Waals surface area contributed by atoms with Crippen molar-refractivity contribution in [3.8, 4) is 5.69 Å². The number of aromatic carboxylic acids is 1. The Bertz CT molecular complexity index is 1540. The van der Waals surface area contributed by atoms with Gasteiger partial charge >= 0.3 is 5.97 Å². The van der Waals surface area contributed by atoms with Gasteiger partial charge in [0.05, 0.1) is 28.0 Å². The van der Waals surface area contributed by atoms with Crippen molar-refractivity contribution in [2.75, 3.05) is 10.2 Å². The molecule has 0 aliphatic carbocycles. The van der Waals surface area contributed by atoms with Gasteiger partial charge in [-0.05, 0) is 78.9 Å². The van der Waals surface area contributed by atoms with Crippen LogP contribution in [0.1, 0.15) is 47.7 Å². The van der Waals surface area contributed by atoms with E-state index in [-0.39, 0.29) is 29.5 Å². The van der Waals surface area contributed by atoms with Gasteiger partial charge in [0.25, 0.3) is 0 Å². The number of nitrogens with zero attached hydrogens (tertiary/aromatic N) is 3. The molecule has 1 amide bonds. The van der Waals surface area contributed by atoms with Crippen molar-refractivity contribution in [3.63, 3.8) is 0 Å². The standard InChI is InChI=1S/C29H26ClN5O3S/c1-17(2)27(36)32-22-13-12-20(16-21(22)30)35-26(25(33-29(35)39)23-6-3-4-14-31-23)24-7-5-15-34(24)19-10-8-18(9-11-19)28(37)38/h3-17,25-26H,1-2H3,(H,32,36)(H,33,39)(H,37,38). The molecule has 2 aromatic heterocycles. The Kier molecular flexibility index (Phi) is 7.36. The fourth-order valence-corrected chi connectivity index (χ4v) is 5.17. The smallest absolute Gasteiger partial charge is 0.335 e. The van der Waals surface area contributed by atoms with Crippen molar-refractivity contribution in [1.29, 1.82) is 0 Å². The number of carbonyl (C=O) groups is 2. The molecule has 1 aliphatic rings. The van der Waals surface area contributed by atoms with Crippen molar-refractivity contribution in [3.05, 3.63) is 107 Å². The van der Waals surface area contributed by atoms with E-state index in [0.29, 0.717) is 15.8 Å². The van der Waals surface area contributed by atoms with E-state index >= 15 is 0 Å². The number of halogens is 1. The molecule has 0 spiro atoms. The molecular weight excluding hydrogens is 534 g/mol. The topological polar surface area (TPSA) is 99.5 Å². The van der Waals surface area contributed by atoms with Gasteiger partial charge in [0, 0.05) is 35.4 Å². The lowest BCUT2D eigenvalue weighted by Gasteiger charge is -2.29. The fourth-order valence-electron chi connectivity index (χ4n) is 4.60. The number of rotatable bonds is 7. The number of pyridine rings is 1. The third kappa shape index (κ3) is 5.23. The number of amides is 1. The van der Waals surface area contributed by atoms with Gasteiger partial charge in [-0.3, -0.25) is 9.78 Å². The van der Waals surface area contributed by atoms with Crippen LogP contribution in [0.15, 0.2) is 85.2 Å². The van der Waals surface area contributed by atoms with Crippen LogP contribution in [0.4, 0.5) is 11.4 Å². The number of carboxylic acids is 1. The molecule has 2 atom stereocenters. The average Bonchev–Trinajstić information content (AvgIpc) is 3.54. The van der Waals surface area contributed by atoms with Crippen LogP contribution in [-0.2, 0) is 4.79 Å². The normalized spacial score (nSPS) is 16.8. The van der Waals surface area contributed by atoms with Gasteiger partial charge in [0.15, 0.2) is 5.11 Å². The van der Waals surface area contributed by atoms with Gasteiger partial charge in [-0.15, -0.1) is 0 Å². The highest BCUT2D eigenvalue weighted by Gasteiger charge is 2.42. The minimum Gasteiger partial charge on any atom is -0.478 e. The predicted octanol–water partition coefficient (Wildman–Crippen LogP) is 6.00. The minimum atomic E-state index is -0.981. The van der Waals surface area contributed by atoms with Crippen LogP contribution >= 0.6 is 23.8 Å². The Morgan fingerprint density at radius 2 is 1.79 bits per heavy atom. The van der Waals surface area contributed by atoms with E-state index in [1.807, 2.05) is 65.9 Å². The first-order chi connectivity index (χ1) is 18.7. The molecule has 8 nitrogen and oxygen atoms in total. The summed E-state index contributed by atoms with van der Waals surface area (Å²) in [4.78, 5) is 30.2. The van der Waals surface area contributed by atoms with Crippen molar-refractivity contribution < 1.29 is 14.7 Å². The van der Waals surface area contributed by atoms with E-state index in [4.69, 9.17) is 23.8 Å². The van der Waals surface area contributed by atoms with E-state index in [1.165, 1.54) is 0 Å². The van der Waals surface area contributed by atoms with Gasteiger partial charge in [-0.1, -0.05) is 31.5 Å². The number of aromatic nitrogens is 2. The van der Waals surface area contributed by atoms with E-state index in [2.05, 4.69) is 15.6 Å². The van der Waals surface area contributed by atoms with Gasteiger partial charge < -0.3 is 25.2 Å². The van der Waals surface area contributed by atoms with Crippen molar-refractivity contribution in [1.82, 2.24) is 14.9 Å². The molecule has 4 aromatic rings. The molecule has 3 heterocycles. The van der Waals surface area contributed by atoms with Crippen LogP contribution in [0.2, 0.25) is 5.02 Å². The SMILES string of the molecule is CC(C)C(=O)Nc1ccc(N2C(=S)NC(c3ccccn3)C2c2cccn2-c2ccc(C(=O)O)cc2)cc1Cl. The molecular formula is C29H26ClN5O3S. The molecule has 2 unspecified atom stereocenters. The molecule has 3 N–H and O–H groups in total. The number of hydrogen-bond donors (Lipinski definition) is 3. The number of nitrogens with one attached hydrogen (secondary N) is 2. The highest BCUT2D eigenvalue weighted by atomic mass is 35.5. The summed E-state index contributed by atoms with van der Waals surface area (Å²) < 4.78 is 2.01. The molecule has 0 saturated carbocycles. The second kappa shape index (κ2) is 10.9. The number of carboxylic acid groups (broad SMARTS) is 1. The molecule has 1 saturated heterocycles. The van der Waals surface area contributed by atoms with E-state index in [9.17, 15) is 14.7 Å². The zero-order valence-electron chi connectivity index (χ0n) is 21.2. The third-order valence-corrected chi connectivity index (χ3v) is 7.21. The molecule has 39 heavy (non-hydrogen) atoms. The largest absolute Gasteiger partial charge is 0.478 e. The summed E-state index contributed by atoms with van der Waals surface area (Å²) >= 11 is 12.5. The van der Waals surface area contributed by atoms with E-state index < -0.39 is 5.97 Å². The first-order valence-electron chi connectivity index (χ1n) is 12.4. The molecule has 2 aromatic carbocycles. The van der Waals surface area contributed by atoms with Crippen LogP contribution in [0.5, 0.6) is 0 Å². The highest BCUT2D eigenvalue weighted by Crippen LogP contribution is 2.43. The molecule has 0 bridgehead atoms. The Labute approximate surface area is 236 Å². The summed E-state index contributed by atoms with van der Waals surface area (Å²) in [7, 11) is 0. The predicted molar refractivity (Wildman–Crippen MR) is 156 cm³/mol. The first kappa shape index (κ1) is 26.4. The summed E-state index contributed by atoms with van der Waals surface area (Å²) in [5.41, 5.74) is 4.02. The van der Waals surface area contributed by atoms with Gasteiger partial charge in [-0.25, -0.2) is 4.79 Å². The lowest BCUT2D eigenvalue weighted by atomic mass is 10.0. The number of hydrogen-bond acceptors (Lipinski definition) is 4. The van der Waals surface area contributed by atoms with E-state index in [0.717, 1.165) is 22.8 Å². The van der Waals surface area contributed by atoms with Crippen molar-refractivity contribution in [2.45, 2.75) is 25.9 Å². The van der Waals surface area contributed by atoms with E-state index in [1.54, 1.807) is 42.6 Å². The second-order valence-electron chi connectivity index (χ2n) is 9.46. The summed E-state index contributed by atoms with van der Waals surface area (Å²) in [6, 6.07) is 21.2. The molecule has 1 fully saturated rings. The minimum absolute atomic E-state index is 0.122. The lowest BCUT2D eigenvalue weighted by molar-refractivity contribution is -0.118. The summed E-state index contributed by atoms with van der Waals surface area (Å²) in [5, 5.41) is 16.5. The first-order valence-corrected chi connectivity index (χ1v) is 13.1. The molecule has 5 rings (SSSR count). The zero-order valence-corrected chi connectivity index (χ0v) is 22.8. The summed E-state index contributed by atoms with van der Waals surface area (Å²) in [6.07, 6.45) is 3.67. The molecule has 198 valence electrons. The summed E-state index contributed by atoms with van der Waals surface area (Å²) in [6.45, 7) is 3.64. The molecule has 1 aliphatic heterocycles. The summed E-state index contributed by atoms with van der Waals surface area (Å²) in [5.74, 6) is -1.29.